The van der Waals surface area contributed by atoms with Crippen LogP contribution in [-0.4, -0.2) is 32.9 Å². The summed E-state index contributed by atoms with van der Waals surface area (Å²) < 4.78 is 25.0. The van der Waals surface area contributed by atoms with Crippen molar-refractivity contribution in [2.75, 3.05) is 20.1 Å². The Morgan fingerprint density at radius 3 is 2.56 bits per heavy atom. The lowest BCUT2D eigenvalue weighted by Gasteiger charge is -2.16. The van der Waals surface area contributed by atoms with Gasteiger partial charge in [0.05, 0.1) is 0 Å². The van der Waals surface area contributed by atoms with Crippen molar-refractivity contribution < 1.29 is 8.42 Å². The number of hydrogen-bond acceptors (Lipinski definition) is 5. The molecule has 1 rings (SSSR count). The number of nitroso groups, excluding NO2 is 1. The minimum absolute atomic E-state index is 0.0913. The van der Waals surface area contributed by atoms with Crippen molar-refractivity contribution in [1.82, 2.24) is 4.31 Å². The average Bonchev–Trinajstić information content (AvgIpc) is 2.29. The molecule has 0 bridgehead atoms. The molecule has 0 heterocycles. The van der Waals surface area contributed by atoms with Gasteiger partial charge in [-0.05, 0) is 17.3 Å². The van der Waals surface area contributed by atoms with Gasteiger partial charge in [-0.25, -0.2) is 8.42 Å². The van der Waals surface area contributed by atoms with Crippen LogP contribution >= 0.6 is 0 Å². The number of nitrogens with zero attached hydrogens (tertiary/aromatic N) is 2. The molecule has 0 aliphatic carbocycles. The summed E-state index contributed by atoms with van der Waals surface area (Å²) in [4.78, 5) is 10.4. The number of benzene rings is 1. The van der Waals surface area contributed by atoms with Gasteiger partial charge in [-0.2, -0.15) is 4.31 Å². The second-order valence-corrected chi connectivity index (χ2v) is 5.19. The summed E-state index contributed by atoms with van der Waals surface area (Å²) in [6.45, 7) is 0.405. The molecule has 0 aliphatic heterocycles. The van der Waals surface area contributed by atoms with Gasteiger partial charge in [0.25, 0.3) is 0 Å². The molecule has 0 amide bonds. The van der Waals surface area contributed by atoms with Crippen molar-refractivity contribution in [3.63, 3.8) is 0 Å². The predicted molar refractivity (Wildman–Crippen MR) is 60.8 cm³/mol. The first kappa shape index (κ1) is 12.8. The summed E-state index contributed by atoms with van der Waals surface area (Å²) in [6, 6.07) is 5.80. The second-order valence-electron chi connectivity index (χ2n) is 3.17. The molecule has 0 atom stereocenters. The van der Waals surface area contributed by atoms with Crippen molar-refractivity contribution >= 4 is 15.7 Å². The van der Waals surface area contributed by atoms with Crippen LogP contribution in [0, 0.1) is 4.91 Å². The maximum Gasteiger partial charge on any atom is 0.245 e. The van der Waals surface area contributed by atoms with Crippen LogP contribution in [0.5, 0.6) is 0 Å². The van der Waals surface area contributed by atoms with E-state index in [1.165, 1.54) is 25.2 Å². The third-order valence-electron chi connectivity index (χ3n) is 2.10. The van der Waals surface area contributed by atoms with Crippen molar-refractivity contribution in [1.29, 1.82) is 0 Å². The Hall–Kier alpha value is -1.31. The minimum atomic E-state index is -3.68. The van der Waals surface area contributed by atoms with Gasteiger partial charge in [0, 0.05) is 20.1 Å². The summed E-state index contributed by atoms with van der Waals surface area (Å²) in [5, 5.41) is 2.69. The lowest BCUT2D eigenvalue weighted by atomic mass is 10.3. The first-order valence-corrected chi connectivity index (χ1v) is 6.07. The molecule has 88 valence electrons. The molecule has 0 spiro atoms. The van der Waals surface area contributed by atoms with Gasteiger partial charge in [0.2, 0.25) is 10.0 Å². The van der Waals surface area contributed by atoms with Crippen molar-refractivity contribution in [3.8, 4) is 0 Å². The van der Waals surface area contributed by atoms with Crippen LogP contribution in [0.25, 0.3) is 0 Å². The molecule has 16 heavy (non-hydrogen) atoms. The maximum atomic E-state index is 12.0. The zero-order valence-electron chi connectivity index (χ0n) is 8.83. The van der Waals surface area contributed by atoms with Crippen LogP contribution in [0.3, 0.4) is 0 Å². The smallest absolute Gasteiger partial charge is 0.245 e. The highest BCUT2D eigenvalue weighted by Gasteiger charge is 2.23. The molecule has 0 aromatic heterocycles. The Bertz CT molecular complexity index is 473. The lowest BCUT2D eigenvalue weighted by molar-refractivity contribution is 0.477. The van der Waals surface area contributed by atoms with Gasteiger partial charge in [-0.15, -0.1) is 4.91 Å². The topological polar surface area (TPSA) is 92.8 Å². The van der Waals surface area contributed by atoms with Gasteiger partial charge < -0.3 is 5.73 Å². The molecule has 7 heteroatoms. The van der Waals surface area contributed by atoms with Gasteiger partial charge in [-0.3, -0.25) is 0 Å². The van der Waals surface area contributed by atoms with E-state index in [2.05, 4.69) is 5.18 Å². The van der Waals surface area contributed by atoms with E-state index >= 15 is 0 Å². The third kappa shape index (κ3) is 2.43. The van der Waals surface area contributed by atoms with Crippen LogP contribution < -0.4 is 5.73 Å². The molecular weight excluding hydrogens is 230 g/mol. The number of rotatable bonds is 5. The van der Waals surface area contributed by atoms with Crippen LogP contribution in [0.4, 0.5) is 5.69 Å². The summed E-state index contributed by atoms with van der Waals surface area (Å²) >= 11 is 0. The normalized spacial score (nSPS) is 11.7. The van der Waals surface area contributed by atoms with E-state index in [1.54, 1.807) is 6.07 Å². The molecule has 0 fully saturated rings. The summed E-state index contributed by atoms with van der Waals surface area (Å²) in [6.07, 6.45) is 0. The third-order valence-corrected chi connectivity index (χ3v) is 4.00. The van der Waals surface area contributed by atoms with Gasteiger partial charge in [0.15, 0.2) is 0 Å². The summed E-state index contributed by atoms with van der Waals surface area (Å²) in [5.74, 6) is 0. The van der Waals surface area contributed by atoms with Crippen molar-refractivity contribution in [2.24, 2.45) is 10.9 Å². The number of sulfonamides is 1. The fourth-order valence-electron chi connectivity index (χ4n) is 1.22. The quantitative estimate of drug-likeness (QED) is 0.769. The molecule has 0 unspecified atom stereocenters. The zero-order valence-corrected chi connectivity index (χ0v) is 9.64. The second kappa shape index (κ2) is 5.15. The minimum Gasteiger partial charge on any atom is -0.329 e. The molecule has 0 saturated carbocycles. The van der Waals surface area contributed by atoms with Crippen LogP contribution in [0.15, 0.2) is 34.3 Å². The fraction of sp³-hybridized carbons (Fsp3) is 0.333. The molecule has 0 saturated heterocycles. The average molecular weight is 243 g/mol. The van der Waals surface area contributed by atoms with Crippen LogP contribution in [0.1, 0.15) is 0 Å². The van der Waals surface area contributed by atoms with E-state index in [0.29, 0.717) is 0 Å². The molecular formula is C9H13N3O3S. The van der Waals surface area contributed by atoms with E-state index in [0.717, 1.165) is 4.31 Å². The lowest BCUT2D eigenvalue weighted by Crippen LogP contribution is -2.31. The Balaban J connectivity index is 3.21. The Labute approximate surface area is 94.1 Å². The largest absolute Gasteiger partial charge is 0.329 e. The molecule has 1 aromatic carbocycles. The number of nitrogens with two attached hydrogens (primary N) is 1. The molecule has 0 aliphatic rings. The Kier molecular flexibility index (Phi) is 4.11. The highest BCUT2D eigenvalue weighted by Crippen LogP contribution is 2.25. The van der Waals surface area contributed by atoms with Crippen molar-refractivity contribution in [2.45, 2.75) is 4.90 Å². The van der Waals surface area contributed by atoms with E-state index < -0.39 is 10.0 Å². The van der Waals surface area contributed by atoms with Gasteiger partial charge in [0.1, 0.15) is 10.6 Å². The molecule has 1 aromatic rings. The standard InChI is InChI=1S/C9H13N3O3S/c1-12(7-6-10)16(14,15)9-5-3-2-4-8(9)11-13/h2-5H,6-7,10H2,1H3. The fourth-order valence-corrected chi connectivity index (χ4v) is 2.52. The van der Waals surface area contributed by atoms with Crippen molar-refractivity contribution in [3.05, 3.63) is 29.2 Å². The summed E-state index contributed by atoms with van der Waals surface area (Å²) in [5.41, 5.74) is 5.19. The van der Waals surface area contributed by atoms with E-state index in [1.807, 2.05) is 0 Å². The highest BCUT2D eigenvalue weighted by atomic mass is 32.2. The predicted octanol–water partition coefficient (Wildman–Crippen LogP) is 0.664. The molecule has 6 nitrogen and oxygen atoms in total. The number of hydrogen-bond donors (Lipinski definition) is 1. The first-order valence-electron chi connectivity index (χ1n) is 4.63. The number of likely N-dealkylation sites (N-methyl/N-ethyl adjacent to an activating group) is 1. The maximum absolute atomic E-state index is 12.0. The van der Waals surface area contributed by atoms with E-state index in [4.69, 9.17) is 5.73 Å². The first-order chi connectivity index (χ1) is 7.54. The monoisotopic (exact) mass is 243 g/mol. The van der Waals surface area contributed by atoms with E-state index in [9.17, 15) is 13.3 Å². The zero-order chi connectivity index (χ0) is 12.2. The highest BCUT2D eigenvalue weighted by molar-refractivity contribution is 7.89. The molecule has 2 N–H and O–H groups in total. The summed E-state index contributed by atoms with van der Waals surface area (Å²) in [7, 11) is -2.28. The Morgan fingerprint density at radius 1 is 1.38 bits per heavy atom. The van der Waals surface area contributed by atoms with Gasteiger partial charge in [-0.1, -0.05) is 12.1 Å². The molecule has 0 radical (unpaired) electrons. The Morgan fingerprint density at radius 2 is 2.00 bits per heavy atom. The SMILES string of the molecule is CN(CCN)S(=O)(=O)c1ccccc1N=O. The van der Waals surface area contributed by atoms with Crippen LogP contribution in [0.2, 0.25) is 0 Å². The van der Waals surface area contributed by atoms with Crippen LogP contribution in [-0.2, 0) is 10.0 Å². The van der Waals surface area contributed by atoms with Gasteiger partial charge >= 0.3 is 0 Å². The van der Waals surface area contributed by atoms with E-state index in [-0.39, 0.29) is 23.7 Å².